The zero-order chi connectivity index (χ0) is 16.9. The first kappa shape index (κ1) is 16.2. The fourth-order valence-corrected chi connectivity index (χ4v) is 2.93. The molecule has 2 heterocycles. The van der Waals surface area contributed by atoms with Crippen LogP contribution < -0.4 is 5.32 Å². The molecule has 0 atom stereocenters. The number of hydrogen-bond donors (Lipinski definition) is 1. The molecular weight excluding hydrogens is 302 g/mol. The molecule has 1 saturated heterocycles. The summed E-state index contributed by atoms with van der Waals surface area (Å²) in [7, 11) is 0. The highest BCUT2D eigenvalue weighted by molar-refractivity contribution is 5.96. The largest absolute Gasteiger partial charge is 0.343 e. The molecule has 1 aliphatic rings. The van der Waals surface area contributed by atoms with Crippen LogP contribution in [-0.4, -0.2) is 41.3 Å². The Balaban J connectivity index is 1.61. The van der Waals surface area contributed by atoms with E-state index in [1.807, 2.05) is 31.3 Å². The minimum Gasteiger partial charge on any atom is -0.343 e. The van der Waals surface area contributed by atoms with E-state index in [4.69, 9.17) is 0 Å². The molecule has 2 aromatic rings. The number of carbonyl (C=O) groups excluding carboxylic acids is 2. The molecule has 0 bridgehead atoms. The number of aromatic nitrogens is 1. The second kappa shape index (κ2) is 7.25. The summed E-state index contributed by atoms with van der Waals surface area (Å²) in [6, 6.07) is 9.36. The van der Waals surface area contributed by atoms with Crippen LogP contribution in [0.1, 0.15) is 28.8 Å². The molecule has 1 aliphatic heterocycles. The van der Waals surface area contributed by atoms with E-state index in [1.54, 1.807) is 23.2 Å². The highest BCUT2D eigenvalue weighted by atomic mass is 16.2. The van der Waals surface area contributed by atoms with Crippen molar-refractivity contribution in [2.75, 3.05) is 19.6 Å². The van der Waals surface area contributed by atoms with Gasteiger partial charge in [0.1, 0.15) is 0 Å². The molecule has 2 amide bonds. The van der Waals surface area contributed by atoms with Crippen LogP contribution in [0, 0.1) is 6.92 Å². The molecule has 1 N–H and O–H groups in total. The molecule has 124 valence electrons. The quantitative estimate of drug-likeness (QED) is 0.940. The summed E-state index contributed by atoms with van der Waals surface area (Å²) in [5, 5.41) is 2.71. The summed E-state index contributed by atoms with van der Waals surface area (Å²) in [6.45, 7) is 3.67. The van der Waals surface area contributed by atoms with Gasteiger partial charge < -0.3 is 10.2 Å². The van der Waals surface area contributed by atoms with Crippen molar-refractivity contribution >= 4 is 11.8 Å². The predicted octanol–water partition coefficient (Wildman–Crippen LogP) is 2.41. The van der Waals surface area contributed by atoms with Gasteiger partial charge in [0, 0.05) is 31.0 Å². The minimum absolute atomic E-state index is 0.00937. The fourth-order valence-electron chi connectivity index (χ4n) is 2.93. The van der Waals surface area contributed by atoms with Gasteiger partial charge in [0.2, 0.25) is 5.91 Å². The van der Waals surface area contributed by atoms with Crippen LogP contribution in [0.15, 0.2) is 42.7 Å². The Morgan fingerprint density at radius 2 is 1.83 bits per heavy atom. The van der Waals surface area contributed by atoms with Crippen LogP contribution in [0.3, 0.4) is 0 Å². The van der Waals surface area contributed by atoms with Gasteiger partial charge in [0.05, 0.1) is 6.54 Å². The SMILES string of the molecule is Cc1cnccc1-c1ccc(C(=O)NCC(=O)N2CCCC2)cc1. The van der Waals surface area contributed by atoms with Gasteiger partial charge in [0.25, 0.3) is 5.91 Å². The lowest BCUT2D eigenvalue weighted by Gasteiger charge is -2.15. The van der Waals surface area contributed by atoms with Crippen LogP contribution in [-0.2, 0) is 4.79 Å². The van der Waals surface area contributed by atoms with E-state index < -0.39 is 0 Å². The molecule has 0 saturated carbocycles. The van der Waals surface area contributed by atoms with E-state index in [0.717, 1.165) is 42.6 Å². The topological polar surface area (TPSA) is 62.3 Å². The molecular formula is C19H21N3O2. The Bertz CT molecular complexity index is 735. The molecule has 0 unspecified atom stereocenters. The Kier molecular flexibility index (Phi) is 4.89. The molecule has 0 radical (unpaired) electrons. The first-order chi connectivity index (χ1) is 11.6. The number of benzene rings is 1. The normalized spacial score (nSPS) is 13.8. The van der Waals surface area contributed by atoms with Crippen LogP contribution in [0.25, 0.3) is 11.1 Å². The monoisotopic (exact) mass is 323 g/mol. The maximum Gasteiger partial charge on any atom is 0.251 e. The van der Waals surface area contributed by atoms with E-state index in [9.17, 15) is 9.59 Å². The van der Waals surface area contributed by atoms with Gasteiger partial charge in [-0.1, -0.05) is 12.1 Å². The van der Waals surface area contributed by atoms with E-state index >= 15 is 0 Å². The van der Waals surface area contributed by atoms with Crippen molar-refractivity contribution < 1.29 is 9.59 Å². The molecule has 0 aliphatic carbocycles. The van der Waals surface area contributed by atoms with Crippen molar-refractivity contribution in [3.05, 3.63) is 53.9 Å². The number of nitrogens with one attached hydrogen (secondary N) is 1. The average molecular weight is 323 g/mol. The van der Waals surface area contributed by atoms with Crippen molar-refractivity contribution in [2.45, 2.75) is 19.8 Å². The van der Waals surface area contributed by atoms with Crippen LogP contribution in [0.2, 0.25) is 0 Å². The Morgan fingerprint density at radius 3 is 2.50 bits per heavy atom. The number of likely N-dealkylation sites (tertiary alicyclic amines) is 1. The number of carbonyl (C=O) groups is 2. The molecule has 3 rings (SSSR count). The summed E-state index contributed by atoms with van der Waals surface area (Å²) < 4.78 is 0. The number of rotatable bonds is 4. The number of pyridine rings is 1. The molecule has 5 nitrogen and oxygen atoms in total. The second-order valence-electron chi connectivity index (χ2n) is 6.04. The standard InChI is InChI=1S/C19H21N3O2/c1-14-12-20-9-8-17(14)15-4-6-16(7-5-15)19(24)21-13-18(23)22-10-2-3-11-22/h4-9,12H,2-3,10-11,13H2,1H3,(H,21,24). The maximum absolute atomic E-state index is 12.2. The van der Waals surface area contributed by atoms with Gasteiger partial charge in [-0.15, -0.1) is 0 Å². The fraction of sp³-hybridized carbons (Fsp3) is 0.316. The van der Waals surface area contributed by atoms with Crippen molar-refractivity contribution in [3.8, 4) is 11.1 Å². The summed E-state index contributed by atoms with van der Waals surface area (Å²) in [5.41, 5.74) is 3.78. The molecule has 24 heavy (non-hydrogen) atoms. The van der Waals surface area contributed by atoms with Gasteiger partial charge in [-0.2, -0.15) is 0 Å². The van der Waals surface area contributed by atoms with E-state index in [-0.39, 0.29) is 18.4 Å². The number of aryl methyl sites for hydroxylation is 1. The molecule has 0 spiro atoms. The number of amides is 2. The number of hydrogen-bond acceptors (Lipinski definition) is 3. The smallest absolute Gasteiger partial charge is 0.251 e. The van der Waals surface area contributed by atoms with E-state index in [0.29, 0.717) is 5.56 Å². The molecule has 1 fully saturated rings. The lowest BCUT2D eigenvalue weighted by atomic mass is 10.0. The Labute approximate surface area is 141 Å². The highest BCUT2D eigenvalue weighted by Crippen LogP contribution is 2.22. The lowest BCUT2D eigenvalue weighted by molar-refractivity contribution is -0.129. The number of nitrogens with zero attached hydrogens (tertiary/aromatic N) is 2. The first-order valence-corrected chi connectivity index (χ1v) is 8.22. The average Bonchev–Trinajstić information content (AvgIpc) is 3.15. The van der Waals surface area contributed by atoms with Gasteiger partial charge in [-0.25, -0.2) is 0 Å². The molecule has 1 aromatic heterocycles. The zero-order valence-corrected chi connectivity index (χ0v) is 13.8. The minimum atomic E-state index is -0.222. The predicted molar refractivity (Wildman–Crippen MR) is 92.6 cm³/mol. The third kappa shape index (κ3) is 3.62. The third-order valence-corrected chi connectivity index (χ3v) is 4.34. The van der Waals surface area contributed by atoms with Gasteiger partial charge >= 0.3 is 0 Å². The Hall–Kier alpha value is -2.69. The zero-order valence-electron chi connectivity index (χ0n) is 13.8. The van der Waals surface area contributed by atoms with Crippen LogP contribution in [0.5, 0.6) is 0 Å². The van der Waals surface area contributed by atoms with Gasteiger partial charge in [-0.05, 0) is 54.7 Å². The summed E-state index contributed by atoms with van der Waals surface area (Å²) >= 11 is 0. The van der Waals surface area contributed by atoms with Gasteiger partial charge in [0.15, 0.2) is 0 Å². The second-order valence-corrected chi connectivity index (χ2v) is 6.04. The van der Waals surface area contributed by atoms with Crippen molar-refractivity contribution in [2.24, 2.45) is 0 Å². The summed E-state index contributed by atoms with van der Waals surface area (Å²) in [4.78, 5) is 30.0. The first-order valence-electron chi connectivity index (χ1n) is 8.22. The highest BCUT2D eigenvalue weighted by Gasteiger charge is 2.18. The van der Waals surface area contributed by atoms with Gasteiger partial charge in [-0.3, -0.25) is 14.6 Å². The lowest BCUT2D eigenvalue weighted by Crippen LogP contribution is -2.38. The molecule has 1 aromatic carbocycles. The third-order valence-electron chi connectivity index (χ3n) is 4.34. The van der Waals surface area contributed by atoms with Crippen molar-refractivity contribution in [1.82, 2.24) is 15.2 Å². The summed E-state index contributed by atoms with van der Waals surface area (Å²) in [5.74, 6) is -0.231. The maximum atomic E-state index is 12.2. The Morgan fingerprint density at radius 1 is 1.12 bits per heavy atom. The van der Waals surface area contributed by atoms with Crippen molar-refractivity contribution in [3.63, 3.8) is 0 Å². The van der Waals surface area contributed by atoms with Crippen molar-refractivity contribution in [1.29, 1.82) is 0 Å². The van der Waals surface area contributed by atoms with E-state index in [2.05, 4.69) is 10.3 Å². The summed E-state index contributed by atoms with van der Waals surface area (Å²) in [6.07, 6.45) is 5.68. The molecule has 5 heteroatoms. The van der Waals surface area contributed by atoms with Crippen LogP contribution >= 0.6 is 0 Å². The van der Waals surface area contributed by atoms with Crippen LogP contribution in [0.4, 0.5) is 0 Å². The van der Waals surface area contributed by atoms with E-state index in [1.165, 1.54) is 0 Å².